The van der Waals surface area contributed by atoms with E-state index < -0.39 is 23.8 Å². The van der Waals surface area contributed by atoms with Crippen LogP contribution in [0.2, 0.25) is 5.15 Å². The van der Waals surface area contributed by atoms with Gasteiger partial charge in [0.2, 0.25) is 5.91 Å². The topological polar surface area (TPSA) is 127 Å². The van der Waals surface area contributed by atoms with Crippen LogP contribution in [0.3, 0.4) is 0 Å². The number of methoxy groups -OCH3 is 1. The van der Waals surface area contributed by atoms with E-state index >= 15 is 0 Å². The van der Waals surface area contributed by atoms with E-state index in [1.807, 2.05) is 0 Å². The number of piperazine rings is 1. The maximum Gasteiger partial charge on any atom is 0.410 e. The van der Waals surface area contributed by atoms with Crippen LogP contribution >= 0.6 is 11.6 Å². The first-order valence-electron chi connectivity index (χ1n) is 11.4. The Labute approximate surface area is 215 Å². The van der Waals surface area contributed by atoms with Crippen LogP contribution < -0.4 is 5.32 Å². The summed E-state index contributed by atoms with van der Waals surface area (Å²) < 4.78 is 11.0. The summed E-state index contributed by atoms with van der Waals surface area (Å²) in [6.45, 7) is 7.53. The number of pyridine rings is 1. The van der Waals surface area contributed by atoms with Gasteiger partial charge < -0.3 is 24.6 Å². The molecule has 3 heterocycles. The molecule has 1 saturated heterocycles. The van der Waals surface area contributed by atoms with E-state index in [1.165, 1.54) is 26.4 Å². The number of amides is 3. The third-order valence-electron chi connectivity index (χ3n) is 5.52. The molecule has 0 unspecified atom stereocenters. The summed E-state index contributed by atoms with van der Waals surface area (Å²) >= 11 is 6.39. The molecule has 3 rings (SSSR count). The molecule has 2 atom stereocenters. The third-order valence-corrected chi connectivity index (χ3v) is 5.71. The van der Waals surface area contributed by atoms with Gasteiger partial charge in [0.05, 0.1) is 30.1 Å². The minimum atomic E-state index is -0.677. The lowest BCUT2D eigenvalue weighted by atomic mass is 9.98. The highest BCUT2D eigenvalue weighted by Crippen LogP contribution is 2.33. The maximum absolute atomic E-state index is 13.0. The van der Waals surface area contributed by atoms with Gasteiger partial charge in [-0.05, 0) is 44.5 Å². The summed E-state index contributed by atoms with van der Waals surface area (Å²) in [6, 6.07) is 3.93. The Balaban J connectivity index is 2.06. The summed E-state index contributed by atoms with van der Waals surface area (Å²) in [5.74, 6) is -0.546. The molecule has 3 amide bonds. The molecule has 194 valence electrons. The molecular weight excluding hydrogens is 488 g/mol. The van der Waals surface area contributed by atoms with Crippen molar-refractivity contribution >= 4 is 29.5 Å². The van der Waals surface area contributed by atoms with Gasteiger partial charge in [0, 0.05) is 34.2 Å². The lowest BCUT2D eigenvalue weighted by molar-refractivity contribution is -0.140. The van der Waals surface area contributed by atoms with E-state index in [-0.39, 0.29) is 42.4 Å². The SMILES string of the molecule is CNC(=O)c1cc(-c2cc([C@@H]3CN(C(=O)OC(C)(C)C)C[C@@H](COC)N3C(C)=O)cc(Cl)n2)ncn1. The highest BCUT2D eigenvalue weighted by atomic mass is 35.5. The zero-order chi connectivity index (χ0) is 26.6. The average molecular weight is 519 g/mol. The summed E-state index contributed by atoms with van der Waals surface area (Å²) in [7, 11) is 3.05. The first-order chi connectivity index (χ1) is 16.9. The molecule has 0 bridgehead atoms. The van der Waals surface area contributed by atoms with Gasteiger partial charge >= 0.3 is 6.09 Å². The van der Waals surface area contributed by atoms with E-state index in [0.717, 1.165) is 0 Å². The van der Waals surface area contributed by atoms with Crippen LogP contribution in [0.15, 0.2) is 24.5 Å². The van der Waals surface area contributed by atoms with Crippen LogP contribution in [0, 0.1) is 0 Å². The van der Waals surface area contributed by atoms with Gasteiger partial charge in [-0.25, -0.2) is 19.7 Å². The molecule has 12 heteroatoms. The van der Waals surface area contributed by atoms with Crippen molar-refractivity contribution in [2.45, 2.75) is 45.4 Å². The molecule has 2 aromatic heterocycles. The fraction of sp³-hybridized carbons (Fsp3) is 0.500. The fourth-order valence-corrected chi connectivity index (χ4v) is 4.32. The number of nitrogens with zero attached hydrogens (tertiary/aromatic N) is 5. The quantitative estimate of drug-likeness (QED) is 0.598. The van der Waals surface area contributed by atoms with Crippen molar-refractivity contribution in [1.29, 1.82) is 0 Å². The van der Waals surface area contributed by atoms with Gasteiger partial charge in [0.25, 0.3) is 5.91 Å². The van der Waals surface area contributed by atoms with Crippen molar-refractivity contribution in [3.05, 3.63) is 40.9 Å². The Morgan fingerprint density at radius 2 is 1.86 bits per heavy atom. The molecule has 1 fully saturated rings. The normalized spacial score (nSPS) is 18.1. The summed E-state index contributed by atoms with van der Waals surface area (Å²) in [4.78, 5) is 53.6. The summed E-state index contributed by atoms with van der Waals surface area (Å²) in [6.07, 6.45) is 0.784. The molecule has 1 N–H and O–H groups in total. The molecule has 0 spiro atoms. The highest BCUT2D eigenvalue weighted by molar-refractivity contribution is 6.29. The zero-order valence-electron chi connectivity index (χ0n) is 21.2. The maximum atomic E-state index is 13.0. The number of hydrogen-bond acceptors (Lipinski definition) is 8. The number of carbonyl (C=O) groups is 3. The Hall–Kier alpha value is -3.31. The molecule has 36 heavy (non-hydrogen) atoms. The van der Waals surface area contributed by atoms with Crippen LogP contribution in [-0.2, 0) is 14.3 Å². The second-order valence-electron chi connectivity index (χ2n) is 9.41. The standard InChI is InChI=1S/C24H31ClN6O5/c1-14(32)31-16(12-35-6)10-30(23(34)36-24(2,3)4)11-20(31)15-7-18(29-21(25)8-15)17-9-19(22(33)26-5)28-13-27-17/h7-9,13,16,20H,10-12H2,1-6H3,(H,26,33)/t16-,20-/m0/s1. The Kier molecular flexibility index (Phi) is 8.47. The largest absolute Gasteiger partial charge is 0.444 e. The minimum absolute atomic E-state index is 0.170. The Bertz CT molecular complexity index is 1140. The van der Waals surface area contributed by atoms with Crippen LogP contribution in [0.25, 0.3) is 11.4 Å². The summed E-state index contributed by atoms with van der Waals surface area (Å²) in [5, 5.41) is 2.69. The molecule has 1 aliphatic rings. The second-order valence-corrected chi connectivity index (χ2v) is 9.80. The van der Waals surface area contributed by atoms with E-state index in [4.69, 9.17) is 21.1 Å². The number of hydrogen-bond donors (Lipinski definition) is 1. The third kappa shape index (κ3) is 6.46. The van der Waals surface area contributed by atoms with E-state index in [2.05, 4.69) is 20.3 Å². The fourth-order valence-electron chi connectivity index (χ4n) is 4.10. The number of rotatable bonds is 5. The van der Waals surface area contributed by atoms with Crippen molar-refractivity contribution in [2.75, 3.05) is 33.9 Å². The number of halogens is 1. The lowest BCUT2D eigenvalue weighted by Crippen LogP contribution is -2.59. The van der Waals surface area contributed by atoms with Gasteiger partial charge in [-0.15, -0.1) is 0 Å². The van der Waals surface area contributed by atoms with Crippen molar-refractivity contribution in [3.8, 4) is 11.4 Å². The molecule has 0 aliphatic carbocycles. The van der Waals surface area contributed by atoms with Gasteiger partial charge in [-0.3, -0.25) is 9.59 Å². The molecule has 0 aromatic carbocycles. The lowest BCUT2D eigenvalue weighted by Gasteiger charge is -2.46. The monoisotopic (exact) mass is 518 g/mol. The van der Waals surface area contributed by atoms with Gasteiger partial charge in [-0.1, -0.05) is 11.6 Å². The molecule has 11 nitrogen and oxygen atoms in total. The number of ether oxygens (including phenoxy) is 2. The predicted molar refractivity (Wildman–Crippen MR) is 132 cm³/mol. The molecule has 1 aliphatic heterocycles. The zero-order valence-corrected chi connectivity index (χ0v) is 22.0. The average Bonchev–Trinajstić information content (AvgIpc) is 2.81. The Morgan fingerprint density at radius 1 is 1.14 bits per heavy atom. The highest BCUT2D eigenvalue weighted by Gasteiger charge is 2.40. The minimum Gasteiger partial charge on any atom is -0.444 e. The van der Waals surface area contributed by atoms with Gasteiger partial charge in [0.1, 0.15) is 22.8 Å². The number of carbonyl (C=O) groups excluding carboxylic acids is 3. The molecule has 2 aromatic rings. The summed E-state index contributed by atoms with van der Waals surface area (Å²) in [5.41, 5.74) is 0.921. The first kappa shape index (κ1) is 27.3. The van der Waals surface area contributed by atoms with Crippen molar-refractivity contribution < 1.29 is 23.9 Å². The van der Waals surface area contributed by atoms with Crippen molar-refractivity contribution in [1.82, 2.24) is 30.1 Å². The molecular formula is C24H31ClN6O5. The number of aromatic nitrogens is 3. The molecule has 0 radical (unpaired) electrons. The smallest absolute Gasteiger partial charge is 0.410 e. The van der Waals surface area contributed by atoms with Crippen LogP contribution in [-0.4, -0.2) is 88.2 Å². The first-order valence-corrected chi connectivity index (χ1v) is 11.8. The van der Waals surface area contributed by atoms with Crippen LogP contribution in [0.1, 0.15) is 49.8 Å². The Morgan fingerprint density at radius 3 is 2.47 bits per heavy atom. The molecule has 0 saturated carbocycles. The van der Waals surface area contributed by atoms with E-state index in [9.17, 15) is 14.4 Å². The van der Waals surface area contributed by atoms with Crippen molar-refractivity contribution in [2.24, 2.45) is 0 Å². The van der Waals surface area contributed by atoms with E-state index in [1.54, 1.807) is 49.8 Å². The number of nitrogens with one attached hydrogen (secondary N) is 1. The van der Waals surface area contributed by atoms with Crippen LogP contribution in [0.5, 0.6) is 0 Å². The van der Waals surface area contributed by atoms with Gasteiger partial charge in [-0.2, -0.15) is 0 Å². The van der Waals surface area contributed by atoms with Crippen molar-refractivity contribution in [3.63, 3.8) is 0 Å². The van der Waals surface area contributed by atoms with Crippen LogP contribution in [0.4, 0.5) is 4.79 Å². The van der Waals surface area contributed by atoms with E-state index in [0.29, 0.717) is 17.0 Å². The second kappa shape index (κ2) is 11.2. The van der Waals surface area contributed by atoms with Gasteiger partial charge in [0.15, 0.2) is 0 Å². The predicted octanol–water partition coefficient (Wildman–Crippen LogP) is 2.71.